The molecule has 2 aromatic rings. The van der Waals surface area contributed by atoms with Crippen LogP contribution in [0.25, 0.3) is 0 Å². The second-order valence-electron chi connectivity index (χ2n) is 5.20. The van der Waals surface area contributed by atoms with Crippen LogP contribution >= 0.6 is 11.6 Å². The highest BCUT2D eigenvalue weighted by molar-refractivity contribution is 6.29. The van der Waals surface area contributed by atoms with Crippen LogP contribution in [-0.2, 0) is 17.4 Å². The molecule has 0 aliphatic heterocycles. The van der Waals surface area contributed by atoms with Crippen molar-refractivity contribution in [2.45, 2.75) is 18.6 Å². The van der Waals surface area contributed by atoms with Gasteiger partial charge in [0, 0.05) is 18.2 Å². The number of hydrogen-bond acceptors (Lipinski definition) is 3. The first-order valence-electron chi connectivity index (χ1n) is 7.04. The van der Waals surface area contributed by atoms with Gasteiger partial charge in [0.1, 0.15) is 11.2 Å². The summed E-state index contributed by atoms with van der Waals surface area (Å²) < 4.78 is 38.2. The van der Waals surface area contributed by atoms with Gasteiger partial charge in [-0.1, -0.05) is 23.7 Å². The molecule has 0 unspecified atom stereocenters. The van der Waals surface area contributed by atoms with Crippen molar-refractivity contribution in [1.29, 1.82) is 0 Å². The van der Waals surface area contributed by atoms with Crippen molar-refractivity contribution in [1.82, 2.24) is 10.3 Å². The molecule has 2 rings (SSSR count). The van der Waals surface area contributed by atoms with Gasteiger partial charge in [0.05, 0.1) is 5.56 Å². The molecule has 0 aliphatic carbocycles. The number of carbonyl (C=O) groups excluding carboxylic acids is 2. The van der Waals surface area contributed by atoms with Crippen molar-refractivity contribution in [2.75, 3.05) is 0 Å². The Morgan fingerprint density at radius 1 is 1.24 bits per heavy atom. The lowest BCUT2D eigenvalue weighted by Crippen LogP contribution is -2.45. The number of rotatable bonds is 5. The number of halogens is 4. The van der Waals surface area contributed by atoms with Gasteiger partial charge in [-0.05, 0) is 29.8 Å². The maximum Gasteiger partial charge on any atom is 0.416 e. The number of nitrogens with one attached hydrogen (secondary N) is 1. The number of aromatic nitrogens is 1. The SMILES string of the molecule is NC(=O)[C@@H](Cc1ccc(Cl)nc1)NC(=O)c1cccc(C(F)(F)F)c1. The zero-order chi connectivity index (χ0) is 18.6. The van der Waals surface area contributed by atoms with Gasteiger partial charge in [0.2, 0.25) is 5.91 Å². The van der Waals surface area contributed by atoms with Gasteiger partial charge in [0.25, 0.3) is 5.91 Å². The molecule has 0 spiro atoms. The fourth-order valence-corrected chi connectivity index (χ4v) is 2.18. The summed E-state index contributed by atoms with van der Waals surface area (Å²) in [6, 6.07) is 5.88. The van der Waals surface area contributed by atoms with E-state index < -0.39 is 29.6 Å². The number of primary amides is 1. The molecule has 25 heavy (non-hydrogen) atoms. The van der Waals surface area contributed by atoms with E-state index in [0.29, 0.717) is 11.6 Å². The smallest absolute Gasteiger partial charge is 0.368 e. The molecule has 0 saturated heterocycles. The Morgan fingerprint density at radius 3 is 2.52 bits per heavy atom. The van der Waals surface area contributed by atoms with E-state index in [2.05, 4.69) is 10.3 Å². The first-order valence-corrected chi connectivity index (χ1v) is 7.42. The molecule has 3 N–H and O–H groups in total. The number of alkyl halides is 3. The molecular weight excluding hydrogens is 359 g/mol. The first kappa shape index (κ1) is 18.7. The predicted molar refractivity (Wildman–Crippen MR) is 84.8 cm³/mol. The van der Waals surface area contributed by atoms with Crippen LogP contribution in [0.5, 0.6) is 0 Å². The van der Waals surface area contributed by atoms with E-state index in [1.165, 1.54) is 18.3 Å². The fraction of sp³-hybridized carbons (Fsp3) is 0.188. The lowest BCUT2D eigenvalue weighted by Gasteiger charge is -2.16. The number of carbonyl (C=O) groups is 2. The van der Waals surface area contributed by atoms with Crippen LogP contribution in [0.2, 0.25) is 5.15 Å². The summed E-state index contributed by atoms with van der Waals surface area (Å²) in [6.45, 7) is 0. The summed E-state index contributed by atoms with van der Waals surface area (Å²) in [4.78, 5) is 27.5. The number of pyridine rings is 1. The molecule has 0 aliphatic rings. The minimum atomic E-state index is -4.58. The zero-order valence-electron chi connectivity index (χ0n) is 12.7. The van der Waals surface area contributed by atoms with Crippen LogP contribution in [0.1, 0.15) is 21.5 Å². The Morgan fingerprint density at radius 2 is 1.96 bits per heavy atom. The van der Waals surface area contributed by atoms with Crippen LogP contribution in [0.15, 0.2) is 42.6 Å². The maximum atomic E-state index is 12.7. The van der Waals surface area contributed by atoms with E-state index in [1.807, 2.05) is 0 Å². The summed E-state index contributed by atoms with van der Waals surface area (Å²) in [5.41, 5.74) is 4.65. The number of nitrogens with two attached hydrogens (primary N) is 1. The van der Waals surface area contributed by atoms with Crippen molar-refractivity contribution in [3.8, 4) is 0 Å². The third-order valence-corrected chi connectivity index (χ3v) is 3.55. The Hall–Kier alpha value is -2.61. The van der Waals surface area contributed by atoms with E-state index in [1.54, 1.807) is 6.07 Å². The van der Waals surface area contributed by atoms with Crippen molar-refractivity contribution in [3.05, 3.63) is 64.4 Å². The first-order chi connectivity index (χ1) is 11.7. The van der Waals surface area contributed by atoms with Crippen LogP contribution in [0.3, 0.4) is 0 Å². The van der Waals surface area contributed by atoms with Crippen LogP contribution in [0.4, 0.5) is 13.2 Å². The van der Waals surface area contributed by atoms with Crippen LogP contribution in [-0.4, -0.2) is 22.8 Å². The van der Waals surface area contributed by atoms with E-state index in [0.717, 1.165) is 12.1 Å². The third kappa shape index (κ3) is 5.18. The van der Waals surface area contributed by atoms with E-state index in [-0.39, 0.29) is 17.1 Å². The summed E-state index contributed by atoms with van der Waals surface area (Å²) in [5, 5.41) is 2.59. The summed E-state index contributed by atoms with van der Waals surface area (Å²) in [5.74, 6) is -1.66. The normalized spacial score (nSPS) is 12.5. The Balaban J connectivity index is 2.15. The Kier molecular flexibility index (Phi) is 5.63. The van der Waals surface area contributed by atoms with Gasteiger partial charge in [0.15, 0.2) is 0 Å². The quantitative estimate of drug-likeness (QED) is 0.792. The van der Waals surface area contributed by atoms with Crippen molar-refractivity contribution >= 4 is 23.4 Å². The Bertz CT molecular complexity index is 779. The second-order valence-corrected chi connectivity index (χ2v) is 5.59. The fourth-order valence-electron chi connectivity index (χ4n) is 2.06. The molecule has 1 heterocycles. The molecule has 9 heteroatoms. The average molecular weight is 372 g/mol. The van der Waals surface area contributed by atoms with E-state index in [9.17, 15) is 22.8 Å². The zero-order valence-corrected chi connectivity index (χ0v) is 13.4. The third-order valence-electron chi connectivity index (χ3n) is 3.33. The van der Waals surface area contributed by atoms with Crippen LogP contribution in [0, 0.1) is 0 Å². The number of hydrogen-bond donors (Lipinski definition) is 2. The lowest BCUT2D eigenvalue weighted by molar-refractivity contribution is -0.137. The minimum absolute atomic E-state index is 0.0319. The molecule has 132 valence electrons. The molecule has 5 nitrogen and oxygen atoms in total. The number of nitrogens with zero attached hydrogens (tertiary/aromatic N) is 1. The molecule has 0 radical (unpaired) electrons. The Labute approximate surface area is 146 Å². The molecule has 0 fully saturated rings. The topological polar surface area (TPSA) is 85.1 Å². The molecular formula is C16H13ClF3N3O2. The second kappa shape index (κ2) is 7.52. The maximum absolute atomic E-state index is 12.7. The van der Waals surface area contributed by atoms with Crippen molar-refractivity contribution < 1.29 is 22.8 Å². The van der Waals surface area contributed by atoms with Gasteiger partial charge in [-0.3, -0.25) is 9.59 Å². The standard InChI is InChI=1S/C16H13ClF3N3O2/c17-13-5-4-9(8-22-13)6-12(14(21)24)23-15(25)10-2-1-3-11(7-10)16(18,19)20/h1-5,7-8,12H,6H2,(H2,21,24)(H,23,25)/t12-/m1/s1. The minimum Gasteiger partial charge on any atom is -0.368 e. The van der Waals surface area contributed by atoms with Gasteiger partial charge in [-0.25, -0.2) is 4.98 Å². The molecule has 1 aromatic heterocycles. The largest absolute Gasteiger partial charge is 0.416 e. The summed E-state index contributed by atoms with van der Waals surface area (Å²) in [7, 11) is 0. The predicted octanol–water partition coefficient (Wildman–Crippen LogP) is 2.58. The highest BCUT2D eigenvalue weighted by Gasteiger charge is 2.31. The van der Waals surface area contributed by atoms with Gasteiger partial charge in [-0.15, -0.1) is 0 Å². The van der Waals surface area contributed by atoms with Gasteiger partial charge < -0.3 is 11.1 Å². The van der Waals surface area contributed by atoms with Gasteiger partial charge in [-0.2, -0.15) is 13.2 Å². The van der Waals surface area contributed by atoms with E-state index >= 15 is 0 Å². The molecule has 1 atom stereocenters. The monoisotopic (exact) mass is 371 g/mol. The summed E-state index contributed by atoms with van der Waals surface area (Å²) in [6.07, 6.45) is -3.13. The molecule has 1 aromatic carbocycles. The van der Waals surface area contributed by atoms with Gasteiger partial charge >= 0.3 is 6.18 Å². The number of amides is 2. The highest BCUT2D eigenvalue weighted by atomic mass is 35.5. The van der Waals surface area contributed by atoms with Crippen LogP contribution < -0.4 is 11.1 Å². The molecule has 2 amide bonds. The lowest BCUT2D eigenvalue weighted by atomic mass is 10.1. The molecule has 0 saturated carbocycles. The summed E-state index contributed by atoms with van der Waals surface area (Å²) >= 11 is 5.66. The highest BCUT2D eigenvalue weighted by Crippen LogP contribution is 2.29. The van der Waals surface area contributed by atoms with E-state index in [4.69, 9.17) is 17.3 Å². The average Bonchev–Trinajstić information content (AvgIpc) is 2.55. The van der Waals surface area contributed by atoms with Crippen molar-refractivity contribution in [3.63, 3.8) is 0 Å². The molecule has 0 bridgehead atoms. The van der Waals surface area contributed by atoms with Crippen molar-refractivity contribution in [2.24, 2.45) is 5.73 Å². The number of benzene rings is 1.